The third-order valence-corrected chi connectivity index (χ3v) is 4.91. The molecule has 1 N–H and O–H groups in total. The van der Waals surface area contributed by atoms with Gasteiger partial charge in [-0.3, -0.25) is 4.79 Å². The molecule has 0 spiro atoms. The van der Waals surface area contributed by atoms with Crippen LogP contribution < -0.4 is 5.43 Å². The van der Waals surface area contributed by atoms with Crippen LogP contribution in [0.5, 0.6) is 0 Å². The Morgan fingerprint density at radius 2 is 1.27 bits per heavy atom. The van der Waals surface area contributed by atoms with Crippen LogP contribution in [0.25, 0.3) is 0 Å². The average Bonchev–Trinajstić information content (AvgIpc) is 2.70. The summed E-state index contributed by atoms with van der Waals surface area (Å²) in [5.74, 6) is -0.122. The molecule has 1 atom stereocenters. The largest absolute Gasteiger partial charge is 0.272 e. The van der Waals surface area contributed by atoms with Crippen LogP contribution in [0.3, 0.4) is 0 Å². The van der Waals surface area contributed by atoms with Gasteiger partial charge in [-0.05, 0) is 19.1 Å². The number of nitrogens with one attached hydrogen (secondary N) is 1. The quantitative estimate of drug-likeness (QED) is 0.392. The Kier molecular flexibility index (Phi) is 6.23. The maximum absolute atomic E-state index is 12.5. The molecule has 1 unspecified atom stereocenters. The Bertz CT molecular complexity index is 823. The van der Waals surface area contributed by atoms with Crippen molar-refractivity contribution >= 4 is 23.4 Å². The second-order valence-electron chi connectivity index (χ2n) is 5.74. The van der Waals surface area contributed by atoms with Crippen LogP contribution in [0.1, 0.15) is 18.1 Å². The molecule has 0 saturated carbocycles. The number of benzene rings is 3. The number of nitrogens with zero attached hydrogens (tertiary/aromatic N) is 1. The fourth-order valence-corrected chi connectivity index (χ4v) is 3.33. The first-order chi connectivity index (χ1) is 12.7. The highest BCUT2D eigenvalue weighted by atomic mass is 32.2. The maximum Gasteiger partial charge on any atom is 0.253 e. The summed E-state index contributed by atoms with van der Waals surface area (Å²) >= 11 is 1.51. The summed E-state index contributed by atoms with van der Waals surface area (Å²) < 4.78 is 0. The third kappa shape index (κ3) is 4.83. The number of amides is 1. The predicted molar refractivity (Wildman–Crippen MR) is 108 cm³/mol. The fourth-order valence-electron chi connectivity index (χ4n) is 2.45. The molecule has 3 rings (SSSR count). The normalized spacial score (nSPS) is 11.4. The summed E-state index contributed by atoms with van der Waals surface area (Å²) in [6.07, 6.45) is 0. The Balaban J connectivity index is 1.77. The molecule has 130 valence electrons. The minimum Gasteiger partial charge on any atom is -0.272 e. The summed E-state index contributed by atoms with van der Waals surface area (Å²) in [5.41, 5.74) is 5.40. The smallest absolute Gasteiger partial charge is 0.253 e. The summed E-state index contributed by atoms with van der Waals surface area (Å²) in [7, 11) is 0. The van der Waals surface area contributed by atoms with Crippen molar-refractivity contribution in [3.8, 4) is 0 Å². The fraction of sp³-hybridized carbons (Fsp3) is 0.0909. The van der Waals surface area contributed by atoms with E-state index in [0.29, 0.717) is 0 Å². The predicted octanol–water partition coefficient (Wildman–Crippen LogP) is 4.74. The molecule has 3 nitrogen and oxygen atoms in total. The second kappa shape index (κ2) is 9.02. The van der Waals surface area contributed by atoms with Gasteiger partial charge >= 0.3 is 0 Å². The van der Waals surface area contributed by atoms with Gasteiger partial charge in [0.1, 0.15) is 0 Å². The molecule has 0 fully saturated rings. The molecule has 0 radical (unpaired) electrons. The number of carbonyl (C=O) groups is 1. The van der Waals surface area contributed by atoms with Gasteiger partial charge in [-0.2, -0.15) is 5.10 Å². The van der Waals surface area contributed by atoms with Crippen molar-refractivity contribution in [2.24, 2.45) is 5.10 Å². The summed E-state index contributed by atoms with van der Waals surface area (Å²) in [4.78, 5) is 13.5. The van der Waals surface area contributed by atoms with Crippen LogP contribution in [0, 0.1) is 0 Å². The van der Waals surface area contributed by atoms with Crippen molar-refractivity contribution in [2.45, 2.75) is 17.1 Å². The molecular weight excluding hydrogens is 340 g/mol. The number of hydrazone groups is 1. The molecule has 0 bridgehead atoms. The molecular formula is C22H20N2OS. The zero-order chi connectivity index (χ0) is 18.2. The molecule has 26 heavy (non-hydrogen) atoms. The first kappa shape index (κ1) is 18.0. The van der Waals surface area contributed by atoms with Crippen LogP contribution in [0.2, 0.25) is 0 Å². The number of rotatable bonds is 6. The van der Waals surface area contributed by atoms with Crippen molar-refractivity contribution < 1.29 is 4.79 Å². The molecule has 0 heterocycles. The Morgan fingerprint density at radius 3 is 1.77 bits per heavy atom. The summed E-state index contributed by atoms with van der Waals surface area (Å²) in [6, 6.07) is 29.6. The van der Waals surface area contributed by atoms with Crippen molar-refractivity contribution in [1.29, 1.82) is 0 Å². The van der Waals surface area contributed by atoms with Crippen LogP contribution >= 0.6 is 11.8 Å². The molecule has 0 aliphatic rings. The Hall–Kier alpha value is -2.85. The molecule has 0 aliphatic heterocycles. The molecule has 0 aliphatic carbocycles. The first-order valence-corrected chi connectivity index (χ1v) is 9.32. The van der Waals surface area contributed by atoms with E-state index in [-0.39, 0.29) is 11.2 Å². The molecule has 3 aromatic carbocycles. The lowest BCUT2D eigenvalue weighted by molar-refractivity contribution is -0.120. The van der Waals surface area contributed by atoms with Crippen LogP contribution in [-0.2, 0) is 4.79 Å². The average molecular weight is 360 g/mol. The second-order valence-corrected chi connectivity index (χ2v) is 7.16. The lowest BCUT2D eigenvalue weighted by Crippen LogP contribution is -2.28. The van der Waals surface area contributed by atoms with Crippen LogP contribution in [0.15, 0.2) is 101 Å². The highest BCUT2D eigenvalue weighted by Gasteiger charge is 2.15. The van der Waals surface area contributed by atoms with Gasteiger partial charge in [-0.1, -0.05) is 78.9 Å². The van der Waals surface area contributed by atoms with Crippen molar-refractivity contribution in [3.05, 3.63) is 102 Å². The number of hydrogen-bond donors (Lipinski definition) is 1. The lowest BCUT2D eigenvalue weighted by Gasteiger charge is -2.11. The molecule has 4 heteroatoms. The Morgan fingerprint density at radius 1 is 0.808 bits per heavy atom. The molecule has 1 amide bonds. The van der Waals surface area contributed by atoms with E-state index in [1.807, 2.05) is 97.9 Å². The van der Waals surface area contributed by atoms with Gasteiger partial charge in [-0.25, -0.2) is 5.43 Å². The van der Waals surface area contributed by atoms with Gasteiger partial charge in [-0.15, -0.1) is 11.8 Å². The van der Waals surface area contributed by atoms with Gasteiger partial charge in [0.15, 0.2) is 0 Å². The SMILES string of the molecule is CC(Sc1ccccc1)C(=O)NN=C(c1ccccc1)c1ccccc1. The minimum atomic E-state index is -0.242. The molecule has 3 aromatic rings. The van der Waals surface area contributed by atoms with E-state index in [2.05, 4.69) is 10.5 Å². The highest BCUT2D eigenvalue weighted by molar-refractivity contribution is 8.00. The van der Waals surface area contributed by atoms with Crippen molar-refractivity contribution in [2.75, 3.05) is 0 Å². The number of thioether (sulfide) groups is 1. The maximum atomic E-state index is 12.5. The van der Waals surface area contributed by atoms with E-state index in [4.69, 9.17) is 0 Å². The van der Waals surface area contributed by atoms with E-state index in [1.165, 1.54) is 11.8 Å². The first-order valence-electron chi connectivity index (χ1n) is 8.44. The highest BCUT2D eigenvalue weighted by Crippen LogP contribution is 2.22. The van der Waals surface area contributed by atoms with Gasteiger partial charge in [0.2, 0.25) is 0 Å². The van der Waals surface area contributed by atoms with E-state index >= 15 is 0 Å². The van der Waals surface area contributed by atoms with E-state index in [0.717, 1.165) is 21.7 Å². The Labute approximate surface area is 158 Å². The number of carbonyl (C=O) groups excluding carboxylic acids is 1. The third-order valence-electron chi connectivity index (χ3n) is 3.80. The van der Waals surface area contributed by atoms with Gasteiger partial charge in [0.25, 0.3) is 5.91 Å². The molecule has 0 saturated heterocycles. The van der Waals surface area contributed by atoms with Gasteiger partial charge in [0, 0.05) is 16.0 Å². The van der Waals surface area contributed by atoms with Crippen LogP contribution in [-0.4, -0.2) is 16.9 Å². The van der Waals surface area contributed by atoms with Gasteiger partial charge < -0.3 is 0 Å². The minimum absolute atomic E-state index is 0.122. The van der Waals surface area contributed by atoms with E-state index < -0.39 is 0 Å². The van der Waals surface area contributed by atoms with E-state index in [9.17, 15) is 4.79 Å². The number of hydrogen-bond acceptors (Lipinski definition) is 3. The summed E-state index contributed by atoms with van der Waals surface area (Å²) in [6.45, 7) is 1.88. The molecule has 0 aromatic heterocycles. The summed E-state index contributed by atoms with van der Waals surface area (Å²) in [5, 5.41) is 4.19. The zero-order valence-corrected chi connectivity index (χ0v) is 15.3. The topological polar surface area (TPSA) is 41.5 Å². The van der Waals surface area contributed by atoms with Gasteiger partial charge in [0.05, 0.1) is 11.0 Å². The van der Waals surface area contributed by atoms with Crippen molar-refractivity contribution in [1.82, 2.24) is 5.43 Å². The van der Waals surface area contributed by atoms with Crippen LogP contribution in [0.4, 0.5) is 0 Å². The standard InChI is InChI=1S/C22H20N2OS/c1-17(26-20-15-9-4-10-16-20)22(25)24-23-21(18-11-5-2-6-12-18)19-13-7-3-8-14-19/h2-17H,1H3,(H,24,25). The monoisotopic (exact) mass is 360 g/mol. The van der Waals surface area contributed by atoms with Crippen molar-refractivity contribution in [3.63, 3.8) is 0 Å². The van der Waals surface area contributed by atoms with E-state index in [1.54, 1.807) is 0 Å². The zero-order valence-electron chi connectivity index (χ0n) is 14.5. The lowest BCUT2D eigenvalue weighted by atomic mass is 10.0.